The Balaban J connectivity index is 1.96. The fourth-order valence-corrected chi connectivity index (χ4v) is 2.92. The van der Waals surface area contributed by atoms with Crippen LogP contribution in [0.3, 0.4) is 0 Å². The number of ether oxygens (including phenoxy) is 1. The van der Waals surface area contributed by atoms with Crippen LogP contribution in [0, 0.1) is 0 Å². The standard InChI is InChI=1S/C16H23N3O2/c1-16(2,20)10-19-13-7-6-11(9-12(13)18-15(19)17)14-5-3-4-8-21-14/h6-7,9,14,20H,3-5,8,10H2,1-2H3,(H2,17,18). The smallest absolute Gasteiger partial charge is 0.201 e. The lowest BCUT2D eigenvalue weighted by molar-refractivity contribution is 0.0150. The number of anilines is 1. The molecule has 0 aliphatic carbocycles. The number of benzene rings is 1. The maximum Gasteiger partial charge on any atom is 0.201 e. The van der Waals surface area contributed by atoms with Crippen LogP contribution < -0.4 is 5.73 Å². The summed E-state index contributed by atoms with van der Waals surface area (Å²) in [5.41, 5.74) is 8.15. The van der Waals surface area contributed by atoms with E-state index in [1.165, 1.54) is 6.42 Å². The third-order valence-corrected chi connectivity index (χ3v) is 3.90. The summed E-state index contributed by atoms with van der Waals surface area (Å²) in [6.07, 6.45) is 3.58. The van der Waals surface area contributed by atoms with Crippen LogP contribution in [0.1, 0.15) is 44.8 Å². The van der Waals surface area contributed by atoms with Crippen LogP contribution in [0.25, 0.3) is 11.0 Å². The summed E-state index contributed by atoms with van der Waals surface area (Å²) >= 11 is 0. The van der Waals surface area contributed by atoms with Gasteiger partial charge in [-0.1, -0.05) is 6.07 Å². The van der Waals surface area contributed by atoms with Crippen LogP contribution in [0.5, 0.6) is 0 Å². The van der Waals surface area contributed by atoms with Gasteiger partial charge in [0.2, 0.25) is 5.95 Å². The first-order valence-electron chi connectivity index (χ1n) is 7.54. The number of nitrogens with zero attached hydrogens (tertiary/aromatic N) is 2. The highest BCUT2D eigenvalue weighted by atomic mass is 16.5. The summed E-state index contributed by atoms with van der Waals surface area (Å²) in [6, 6.07) is 6.17. The Morgan fingerprint density at radius 2 is 2.24 bits per heavy atom. The van der Waals surface area contributed by atoms with Gasteiger partial charge in [-0.3, -0.25) is 0 Å². The van der Waals surface area contributed by atoms with Gasteiger partial charge >= 0.3 is 0 Å². The van der Waals surface area contributed by atoms with Crippen molar-refractivity contribution in [3.63, 3.8) is 0 Å². The van der Waals surface area contributed by atoms with E-state index >= 15 is 0 Å². The molecule has 3 rings (SSSR count). The van der Waals surface area contributed by atoms with Crippen molar-refractivity contribution in [2.24, 2.45) is 0 Å². The summed E-state index contributed by atoms with van der Waals surface area (Å²) in [6.45, 7) is 4.79. The molecule has 1 fully saturated rings. The van der Waals surface area contributed by atoms with E-state index in [0.29, 0.717) is 12.5 Å². The van der Waals surface area contributed by atoms with Crippen LogP contribution in [-0.2, 0) is 11.3 Å². The van der Waals surface area contributed by atoms with E-state index in [1.807, 2.05) is 10.6 Å². The Labute approximate surface area is 124 Å². The molecule has 0 radical (unpaired) electrons. The minimum atomic E-state index is -0.826. The zero-order valence-electron chi connectivity index (χ0n) is 12.7. The monoisotopic (exact) mass is 289 g/mol. The Hall–Kier alpha value is -1.59. The number of aliphatic hydroxyl groups is 1. The number of hydrogen-bond donors (Lipinski definition) is 2. The molecule has 1 aromatic carbocycles. The average Bonchev–Trinajstić information content (AvgIpc) is 2.74. The van der Waals surface area contributed by atoms with Crippen LogP contribution >= 0.6 is 0 Å². The lowest BCUT2D eigenvalue weighted by atomic mass is 10.0. The molecule has 2 aromatic rings. The number of nitrogen functional groups attached to an aromatic ring is 1. The zero-order valence-corrected chi connectivity index (χ0v) is 12.7. The lowest BCUT2D eigenvalue weighted by Gasteiger charge is -2.23. The molecule has 1 unspecified atom stereocenters. The molecular weight excluding hydrogens is 266 g/mol. The summed E-state index contributed by atoms with van der Waals surface area (Å²) in [5, 5.41) is 10.0. The van der Waals surface area contributed by atoms with Gasteiger partial charge < -0.3 is 20.1 Å². The predicted molar refractivity (Wildman–Crippen MR) is 83.0 cm³/mol. The number of hydrogen-bond acceptors (Lipinski definition) is 4. The summed E-state index contributed by atoms with van der Waals surface area (Å²) in [7, 11) is 0. The normalized spacial score (nSPS) is 20.0. The minimum absolute atomic E-state index is 0.170. The maximum atomic E-state index is 10.0. The number of nitrogens with two attached hydrogens (primary N) is 1. The van der Waals surface area contributed by atoms with E-state index < -0.39 is 5.60 Å². The summed E-state index contributed by atoms with van der Waals surface area (Å²) < 4.78 is 7.69. The van der Waals surface area contributed by atoms with Gasteiger partial charge in [0, 0.05) is 6.61 Å². The SMILES string of the molecule is CC(C)(O)Cn1c(N)nc2cc(C3CCCCO3)ccc21. The van der Waals surface area contributed by atoms with Crippen molar-refractivity contribution in [1.82, 2.24) is 9.55 Å². The fraction of sp³-hybridized carbons (Fsp3) is 0.562. The molecule has 2 heterocycles. The molecule has 1 aliphatic rings. The second kappa shape index (κ2) is 5.31. The van der Waals surface area contributed by atoms with Gasteiger partial charge in [0.25, 0.3) is 0 Å². The van der Waals surface area contributed by atoms with Crippen molar-refractivity contribution < 1.29 is 9.84 Å². The van der Waals surface area contributed by atoms with E-state index in [-0.39, 0.29) is 6.10 Å². The lowest BCUT2D eigenvalue weighted by Crippen LogP contribution is -2.26. The molecule has 3 N–H and O–H groups in total. The molecule has 114 valence electrons. The number of aromatic nitrogens is 2. The van der Waals surface area contributed by atoms with Gasteiger partial charge in [-0.2, -0.15) is 0 Å². The van der Waals surface area contributed by atoms with Crippen LogP contribution in [0.15, 0.2) is 18.2 Å². The van der Waals surface area contributed by atoms with Crippen LogP contribution in [0.2, 0.25) is 0 Å². The number of imidazole rings is 1. The molecule has 5 heteroatoms. The largest absolute Gasteiger partial charge is 0.389 e. The van der Waals surface area contributed by atoms with Crippen molar-refractivity contribution in [2.45, 2.75) is 51.4 Å². The van der Waals surface area contributed by atoms with Crippen molar-refractivity contribution in [3.8, 4) is 0 Å². The summed E-state index contributed by atoms with van der Waals surface area (Å²) in [4.78, 5) is 4.43. The third-order valence-electron chi connectivity index (χ3n) is 3.90. The fourth-order valence-electron chi connectivity index (χ4n) is 2.92. The van der Waals surface area contributed by atoms with E-state index in [0.717, 1.165) is 36.0 Å². The highest BCUT2D eigenvalue weighted by Gasteiger charge is 2.20. The molecule has 1 aromatic heterocycles. The Morgan fingerprint density at radius 1 is 1.43 bits per heavy atom. The van der Waals surface area contributed by atoms with Gasteiger partial charge in [0.05, 0.1) is 29.3 Å². The molecule has 0 bridgehead atoms. The van der Waals surface area contributed by atoms with Gasteiger partial charge in [0.15, 0.2) is 0 Å². The minimum Gasteiger partial charge on any atom is -0.389 e. The average molecular weight is 289 g/mol. The molecule has 0 spiro atoms. The van der Waals surface area contributed by atoms with Gasteiger partial charge in [0.1, 0.15) is 0 Å². The van der Waals surface area contributed by atoms with E-state index in [4.69, 9.17) is 10.5 Å². The third kappa shape index (κ3) is 3.04. The zero-order chi connectivity index (χ0) is 15.0. The van der Waals surface area contributed by atoms with Crippen molar-refractivity contribution >= 4 is 17.0 Å². The highest BCUT2D eigenvalue weighted by molar-refractivity contribution is 5.79. The topological polar surface area (TPSA) is 73.3 Å². The Bertz CT molecular complexity index is 637. The second-order valence-corrected chi connectivity index (χ2v) is 6.47. The van der Waals surface area contributed by atoms with E-state index in [1.54, 1.807) is 13.8 Å². The van der Waals surface area contributed by atoms with Gasteiger partial charge in [-0.25, -0.2) is 4.98 Å². The van der Waals surface area contributed by atoms with Gasteiger partial charge in [-0.15, -0.1) is 0 Å². The van der Waals surface area contributed by atoms with Gasteiger partial charge in [-0.05, 0) is 50.8 Å². The molecular formula is C16H23N3O2. The van der Waals surface area contributed by atoms with E-state index in [9.17, 15) is 5.11 Å². The summed E-state index contributed by atoms with van der Waals surface area (Å²) in [5.74, 6) is 0.439. The molecule has 1 aliphatic heterocycles. The first kappa shape index (κ1) is 14.4. The van der Waals surface area contributed by atoms with Crippen LogP contribution in [0.4, 0.5) is 5.95 Å². The molecule has 21 heavy (non-hydrogen) atoms. The Kier molecular flexibility index (Phi) is 3.63. The predicted octanol–water partition coefficient (Wildman–Crippen LogP) is 2.63. The first-order chi connectivity index (χ1) is 9.94. The number of fused-ring (bicyclic) bond motifs is 1. The highest BCUT2D eigenvalue weighted by Crippen LogP contribution is 2.30. The van der Waals surface area contributed by atoms with Crippen molar-refractivity contribution in [2.75, 3.05) is 12.3 Å². The molecule has 5 nitrogen and oxygen atoms in total. The van der Waals surface area contributed by atoms with Crippen molar-refractivity contribution in [3.05, 3.63) is 23.8 Å². The van der Waals surface area contributed by atoms with E-state index in [2.05, 4.69) is 17.1 Å². The first-order valence-corrected chi connectivity index (χ1v) is 7.54. The molecule has 0 saturated carbocycles. The Morgan fingerprint density at radius 3 is 2.90 bits per heavy atom. The van der Waals surface area contributed by atoms with Crippen molar-refractivity contribution in [1.29, 1.82) is 0 Å². The quantitative estimate of drug-likeness (QED) is 0.911. The number of rotatable bonds is 3. The maximum absolute atomic E-state index is 10.0. The second-order valence-electron chi connectivity index (χ2n) is 6.47. The van der Waals surface area contributed by atoms with Crippen LogP contribution in [-0.4, -0.2) is 26.9 Å². The molecule has 1 saturated heterocycles. The molecule has 1 atom stereocenters. The molecule has 0 amide bonds.